The highest BCUT2D eigenvalue weighted by Crippen LogP contribution is 2.22. The van der Waals surface area contributed by atoms with Crippen molar-refractivity contribution in [2.24, 2.45) is 0 Å². The molecule has 0 saturated heterocycles. The molecule has 18 heavy (non-hydrogen) atoms. The van der Waals surface area contributed by atoms with Crippen LogP contribution in [0.2, 0.25) is 10.0 Å². The van der Waals surface area contributed by atoms with Gasteiger partial charge in [0, 0.05) is 0 Å². The van der Waals surface area contributed by atoms with Gasteiger partial charge >= 0.3 is 0 Å². The molecule has 2 nitrogen and oxygen atoms in total. The number of halogens is 2. The molecule has 96 valence electrons. The van der Waals surface area contributed by atoms with Gasteiger partial charge in [0.1, 0.15) is 0 Å². The number of benzene rings is 1. The first kappa shape index (κ1) is 14.9. The number of rotatable bonds is 5. The minimum Gasteiger partial charge on any atom is -0.342 e. The summed E-state index contributed by atoms with van der Waals surface area (Å²) in [6.45, 7) is 2.02. The van der Waals surface area contributed by atoms with E-state index < -0.39 is 0 Å². The first-order valence-electron chi connectivity index (χ1n) is 5.76. The summed E-state index contributed by atoms with van der Waals surface area (Å²) in [5.41, 5.74) is 0.814. The van der Waals surface area contributed by atoms with E-state index >= 15 is 0 Å². The Bertz CT molecular complexity index is 465. The fraction of sp³-hybridized carbons (Fsp3) is 0.357. The summed E-state index contributed by atoms with van der Waals surface area (Å²) in [5, 5.41) is 3.73. The monoisotopic (exact) mass is 283 g/mol. The molecule has 4 heteroatoms. The van der Waals surface area contributed by atoms with Gasteiger partial charge in [-0.1, -0.05) is 48.5 Å². The van der Waals surface area contributed by atoms with Crippen molar-refractivity contribution in [3.63, 3.8) is 0 Å². The van der Waals surface area contributed by atoms with Gasteiger partial charge in [0.25, 0.3) is 0 Å². The van der Waals surface area contributed by atoms with E-state index in [1.165, 1.54) is 0 Å². The van der Waals surface area contributed by atoms with Gasteiger partial charge in [-0.05, 0) is 24.1 Å². The van der Waals surface area contributed by atoms with E-state index in [0.29, 0.717) is 10.0 Å². The molecule has 1 amide bonds. The molecule has 1 aromatic rings. The third-order valence-corrected chi connectivity index (χ3v) is 3.20. The van der Waals surface area contributed by atoms with Crippen LogP contribution in [0.3, 0.4) is 0 Å². The summed E-state index contributed by atoms with van der Waals surface area (Å²) in [6, 6.07) is 4.94. The lowest BCUT2D eigenvalue weighted by atomic mass is 10.1. The normalized spacial score (nSPS) is 11.7. The Morgan fingerprint density at radius 1 is 1.44 bits per heavy atom. The number of carbonyl (C=O) groups excluding carboxylic acids is 1. The predicted molar refractivity (Wildman–Crippen MR) is 75.8 cm³/mol. The van der Waals surface area contributed by atoms with Crippen molar-refractivity contribution >= 4 is 29.1 Å². The zero-order chi connectivity index (χ0) is 13.5. The van der Waals surface area contributed by atoms with Crippen molar-refractivity contribution in [2.45, 2.75) is 32.2 Å². The van der Waals surface area contributed by atoms with Crippen molar-refractivity contribution in [3.8, 4) is 12.3 Å². The molecule has 0 aliphatic rings. The molecular weight excluding hydrogens is 269 g/mol. The zero-order valence-electron chi connectivity index (χ0n) is 10.2. The van der Waals surface area contributed by atoms with Gasteiger partial charge in [-0.15, -0.1) is 6.42 Å². The van der Waals surface area contributed by atoms with Crippen molar-refractivity contribution in [1.82, 2.24) is 5.32 Å². The molecule has 0 fully saturated rings. The number of amides is 1. The Hall–Kier alpha value is -1.17. The third kappa shape index (κ3) is 4.60. The summed E-state index contributed by atoms with van der Waals surface area (Å²) in [7, 11) is 0. The van der Waals surface area contributed by atoms with E-state index in [1.54, 1.807) is 18.2 Å². The van der Waals surface area contributed by atoms with Crippen LogP contribution in [0.25, 0.3) is 0 Å². The number of terminal acetylenes is 1. The van der Waals surface area contributed by atoms with Gasteiger partial charge in [-0.2, -0.15) is 0 Å². The Balaban J connectivity index is 2.59. The lowest BCUT2D eigenvalue weighted by molar-refractivity contribution is -0.120. The highest BCUT2D eigenvalue weighted by atomic mass is 35.5. The standard InChI is InChI=1S/C14H15Cl2NO/c1-3-5-11(4-2)17-14(18)9-10-6-7-12(15)13(16)8-10/h2,6-8,11H,3,5,9H2,1H3,(H,17,18). The van der Waals surface area contributed by atoms with E-state index in [9.17, 15) is 4.79 Å². The maximum Gasteiger partial charge on any atom is 0.225 e. The van der Waals surface area contributed by atoms with Crippen LogP contribution in [-0.4, -0.2) is 11.9 Å². The maximum absolute atomic E-state index is 11.8. The van der Waals surface area contributed by atoms with Gasteiger partial charge in [-0.3, -0.25) is 4.79 Å². The number of nitrogens with one attached hydrogen (secondary N) is 1. The molecule has 0 aliphatic heterocycles. The van der Waals surface area contributed by atoms with Crippen molar-refractivity contribution < 1.29 is 4.79 Å². The van der Waals surface area contributed by atoms with Crippen LogP contribution in [0, 0.1) is 12.3 Å². The lowest BCUT2D eigenvalue weighted by Gasteiger charge is -2.12. The smallest absolute Gasteiger partial charge is 0.225 e. The van der Waals surface area contributed by atoms with Crippen LogP contribution < -0.4 is 5.32 Å². The molecule has 0 spiro atoms. The largest absolute Gasteiger partial charge is 0.342 e. The Labute approximate surface area is 118 Å². The Kier molecular flexibility index (Phi) is 6.04. The second-order valence-electron chi connectivity index (χ2n) is 4.00. The number of hydrogen-bond acceptors (Lipinski definition) is 1. The van der Waals surface area contributed by atoms with E-state index in [2.05, 4.69) is 11.2 Å². The maximum atomic E-state index is 11.8. The van der Waals surface area contributed by atoms with Gasteiger partial charge in [0.05, 0.1) is 22.5 Å². The third-order valence-electron chi connectivity index (χ3n) is 2.46. The van der Waals surface area contributed by atoms with E-state index in [-0.39, 0.29) is 18.4 Å². The first-order valence-corrected chi connectivity index (χ1v) is 6.51. The SMILES string of the molecule is C#CC(CCC)NC(=O)Cc1ccc(Cl)c(Cl)c1. The Morgan fingerprint density at radius 2 is 2.17 bits per heavy atom. The van der Waals surface area contributed by atoms with Crippen LogP contribution in [-0.2, 0) is 11.2 Å². The molecule has 0 bridgehead atoms. The topological polar surface area (TPSA) is 29.1 Å². The average Bonchev–Trinajstić information content (AvgIpc) is 2.33. The summed E-state index contributed by atoms with van der Waals surface area (Å²) in [6.07, 6.45) is 7.30. The average molecular weight is 284 g/mol. The highest BCUT2D eigenvalue weighted by Gasteiger charge is 2.10. The van der Waals surface area contributed by atoms with Crippen molar-refractivity contribution in [1.29, 1.82) is 0 Å². The quantitative estimate of drug-likeness (QED) is 0.824. The zero-order valence-corrected chi connectivity index (χ0v) is 11.7. The van der Waals surface area contributed by atoms with Crippen LogP contribution in [0.5, 0.6) is 0 Å². The molecule has 1 rings (SSSR count). The van der Waals surface area contributed by atoms with Crippen molar-refractivity contribution in [3.05, 3.63) is 33.8 Å². The molecule has 0 heterocycles. The van der Waals surface area contributed by atoms with E-state index in [0.717, 1.165) is 18.4 Å². The second kappa shape index (κ2) is 7.31. The second-order valence-corrected chi connectivity index (χ2v) is 4.82. The molecule has 1 atom stereocenters. The minimum absolute atomic E-state index is 0.107. The van der Waals surface area contributed by atoms with Gasteiger partial charge in [-0.25, -0.2) is 0 Å². The molecule has 1 N–H and O–H groups in total. The Morgan fingerprint density at radius 3 is 2.72 bits per heavy atom. The van der Waals surface area contributed by atoms with Crippen LogP contribution >= 0.6 is 23.2 Å². The molecule has 1 aromatic carbocycles. The summed E-state index contributed by atoms with van der Waals surface area (Å²) < 4.78 is 0. The van der Waals surface area contributed by atoms with Crippen LogP contribution in [0.15, 0.2) is 18.2 Å². The minimum atomic E-state index is -0.203. The van der Waals surface area contributed by atoms with Crippen molar-refractivity contribution in [2.75, 3.05) is 0 Å². The predicted octanol–water partition coefficient (Wildman–Crippen LogP) is 3.45. The summed E-state index contributed by atoms with van der Waals surface area (Å²) >= 11 is 11.7. The molecule has 0 saturated carbocycles. The van der Waals surface area contributed by atoms with E-state index in [1.807, 2.05) is 6.92 Å². The first-order chi connectivity index (χ1) is 8.56. The molecule has 0 radical (unpaired) electrons. The number of hydrogen-bond donors (Lipinski definition) is 1. The van der Waals surface area contributed by atoms with Gasteiger partial charge in [0.2, 0.25) is 5.91 Å². The highest BCUT2D eigenvalue weighted by molar-refractivity contribution is 6.42. The molecule has 0 aromatic heterocycles. The molecule has 1 unspecified atom stereocenters. The van der Waals surface area contributed by atoms with Crippen LogP contribution in [0.1, 0.15) is 25.3 Å². The fourth-order valence-electron chi connectivity index (χ4n) is 1.57. The number of carbonyl (C=O) groups is 1. The lowest BCUT2D eigenvalue weighted by Crippen LogP contribution is -2.34. The summed E-state index contributed by atoms with van der Waals surface area (Å²) in [5.74, 6) is 2.45. The van der Waals surface area contributed by atoms with Crippen LogP contribution in [0.4, 0.5) is 0 Å². The fourth-order valence-corrected chi connectivity index (χ4v) is 1.89. The van der Waals surface area contributed by atoms with E-state index in [4.69, 9.17) is 29.6 Å². The molecular formula is C14H15Cl2NO. The molecule has 0 aliphatic carbocycles. The van der Waals surface area contributed by atoms with Gasteiger partial charge < -0.3 is 5.32 Å². The summed E-state index contributed by atoms with van der Waals surface area (Å²) in [4.78, 5) is 11.8. The van der Waals surface area contributed by atoms with Gasteiger partial charge in [0.15, 0.2) is 0 Å².